The minimum atomic E-state index is -5.25. The fraction of sp³-hybridized carbons (Fsp3) is 0.200. The van der Waals surface area contributed by atoms with Crippen LogP contribution in [0.2, 0.25) is 0 Å². The second kappa shape index (κ2) is 10.7. The summed E-state index contributed by atoms with van der Waals surface area (Å²) in [6.07, 6.45) is 2.56. The van der Waals surface area contributed by atoms with E-state index in [2.05, 4.69) is 4.74 Å². The van der Waals surface area contributed by atoms with Gasteiger partial charge in [0.25, 0.3) is 0 Å². The Kier molecular flexibility index (Phi) is 7.78. The number of rotatable bonds is 2. The van der Waals surface area contributed by atoms with Gasteiger partial charge in [-0.25, -0.2) is 9.59 Å². The van der Waals surface area contributed by atoms with Crippen LogP contribution in [0.1, 0.15) is 46.9 Å². The first-order valence-corrected chi connectivity index (χ1v) is 10.3. The molecule has 0 bridgehead atoms. The molecule has 0 fully saturated rings. The zero-order valence-corrected chi connectivity index (χ0v) is 17.8. The van der Waals surface area contributed by atoms with Crippen molar-refractivity contribution < 1.29 is 42.4 Å². The van der Waals surface area contributed by atoms with Crippen molar-refractivity contribution in [1.82, 2.24) is 0 Å². The number of fused-ring (bicyclic) bond motifs is 1. The van der Waals surface area contributed by atoms with Gasteiger partial charge in [-0.2, -0.15) is 13.2 Å². The number of esters is 2. The third-order valence-electron chi connectivity index (χ3n) is 4.80. The van der Waals surface area contributed by atoms with Gasteiger partial charge in [0.2, 0.25) is 0 Å². The molecule has 1 aliphatic heterocycles. The lowest BCUT2D eigenvalue weighted by atomic mass is 10.0. The zero-order valence-electron chi connectivity index (χ0n) is 17.8. The van der Waals surface area contributed by atoms with Gasteiger partial charge in [0.15, 0.2) is 0 Å². The average Bonchev–Trinajstić information content (AvgIpc) is 2.76. The molecular weight excluding hydrogens is 453 g/mol. The number of aromatic hydroxyl groups is 2. The van der Waals surface area contributed by atoms with Crippen molar-refractivity contribution >= 4 is 18.0 Å². The van der Waals surface area contributed by atoms with E-state index in [4.69, 9.17) is 4.74 Å². The molecule has 6 nitrogen and oxygen atoms in total. The third kappa shape index (κ3) is 6.50. The topological polar surface area (TPSA) is 93.1 Å². The largest absolute Gasteiger partial charge is 0.508 e. The van der Waals surface area contributed by atoms with Crippen molar-refractivity contribution in [2.24, 2.45) is 0 Å². The Morgan fingerprint density at radius 2 is 1.74 bits per heavy atom. The summed E-state index contributed by atoms with van der Waals surface area (Å²) in [4.78, 5) is 24.5. The number of halogens is 3. The summed E-state index contributed by atoms with van der Waals surface area (Å²) in [5.41, 5.74) is 0.0907. The summed E-state index contributed by atoms with van der Waals surface area (Å²) in [7, 11) is 0. The molecule has 34 heavy (non-hydrogen) atoms. The molecule has 0 amide bonds. The molecule has 2 aromatic carbocycles. The van der Waals surface area contributed by atoms with Gasteiger partial charge >= 0.3 is 18.1 Å². The zero-order chi connectivity index (χ0) is 24.7. The maximum Gasteiger partial charge on any atom is 0.491 e. The van der Waals surface area contributed by atoms with E-state index in [1.807, 2.05) is 12.2 Å². The standard InChI is InChI=1S/C25H21F3O6/c26-25(27,28)24(32)33-19-11-7-2-1-3-8-12-21(16-9-5-4-6-10-16)34-23(31)22-17(14-19)13-18(29)15-20(22)30/h3-11,13-15,21,29-30H,1-2,12H2/b8-3+,11-7+,19-14-/t21-/m1/s1. The van der Waals surface area contributed by atoms with Crippen molar-refractivity contribution in [3.8, 4) is 11.5 Å². The Labute approximate surface area is 193 Å². The van der Waals surface area contributed by atoms with Gasteiger partial charge in [-0.3, -0.25) is 0 Å². The van der Waals surface area contributed by atoms with E-state index in [0.717, 1.165) is 24.3 Å². The monoisotopic (exact) mass is 474 g/mol. The number of hydrogen-bond donors (Lipinski definition) is 2. The molecule has 0 saturated carbocycles. The van der Waals surface area contributed by atoms with Crippen LogP contribution in [0.25, 0.3) is 6.08 Å². The van der Waals surface area contributed by atoms with Crippen LogP contribution < -0.4 is 0 Å². The summed E-state index contributed by atoms with van der Waals surface area (Å²) in [6.45, 7) is 0. The number of carbonyl (C=O) groups excluding carboxylic acids is 2. The van der Waals surface area contributed by atoms with Crippen LogP contribution >= 0.6 is 0 Å². The molecule has 1 aliphatic rings. The fourth-order valence-electron chi connectivity index (χ4n) is 3.24. The van der Waals surface area contributed by atoms with Gasteiger partial charge in [-0.15, -0.1) is 0 Å². The minimum absolute atomic E-state index is 0.198. The second-order valence-electron chi connectivity index (χ2n) is 7.35. The molecule has 178 valence electrons. The number of phenolic OH excluding ortho intramolecular Hbond substituents is 2. The Morgan fingerprint density at radius 1 is 1.03 bits per heavy atom. The number of alkyl halides is 3. The van der Waals surface area contributed by atoms with Crippen LogP contribution in [0.4, 0.5) is 13.2 Å². The quantitative estimate of drug-likeness (QED) is 0.426. The van der Waals surface area contributed by atoms with E-state index in [9.17, 15) is 33.0 Å². The number of cyclic esters (lactones) is 1. The second-order valence-corrected chi connectivity index (χ2v) is 7.35. The predicted molar refractivity (Wildman–Crippen MR) is 117 cm³/mol. The third-order valence-corrected chi connectivity index (χ3v) is 4.80. The highest BCUT2D eigenvalue weighted by atomic mass is 19.4. The normalized spacial score (nSPS) is 20.6. The number of ether oxygens (including phenoxy) is 2. The van der Waals surface area contributed by atoms with Gasteiger partial charge in [0.05, 0.1) is 0 Å². The first-order chi connectivity index (χ1) is 16.1. The Hall–Kier alpha value is -4.01. The first-order valence-electron chi connectivity index (χ1n) is 10.3. The summed E-state index contributed by atoms with van der Waals surface area (Å²) >= 11 is 0. The summed E-state index contributed by atoms with van der Waals surface area (Å²) in [6, 6.07) is 10.8. The number of benzene rings is 2. The van der Waals surface area contributed by atoms with Crippen molar-refractivity contribution in [2.45, 2.75) is 31.5 Å². The maximum absolute atomic E-state index is 13.1. The molecule has 1 atom stereocenters. The van der Waals surface area contributed by atoms with Crippen molar-refractivity contribution in [1.29, 1.82) is 0 Å². The van der Waals surface area contributed by atoms with Crippen LogP contribution in [-0.4, -0.2) is 28.3 Å². The molecule has 2 aromatic rings. The lowest BCUT2D eigenvalue weighted by Gasteiger charge is -2.19. The molecule has 2 N–H and O–H groups in total. The fourth-order valence-corrected chi connectivity index (χ4v) is 3.24. The molecule has 0 unspecified atom stereocenters. The van der Waals surface area contributed by atoms with Gasteiger partial charge in [-0.1, -0.05) is 48.6 Å². The first kappa shape index (κ1) is 24.6. The molecular formula is C25H21F3O6. The Bertz CT molecular complexity index is 1130. The van der Waals surface area contributed by atoms with Crippen LogP contribution in [0.5, 0.6) is 11.5 Å². The molecule has 0 radical (unpaired) electrons. The van der Waals surface area contributed by atoms with E-state index in [1.54, 1.807) is 30.3 Å². The van der Waals surface area contributed by atoms with Crippen molar-refractivity contribution in [2.75, 3.05) is 0 Å². The highest BCUT2D eigenvalue weighted by Crippen LogP contribution is 2.33. The van der Waals surface area contributed by atoms with Gasteiger partial charge in [0.1, 0.15) is 28.9 Å². The number of hydrogen-bond acceptors (Lipinski definition) is 6. The molecule has 9 heteroatoms. The number of phenols is 2. The van der Waals surface area contributed by atoms with E-state index in [1.165, 1.54) is 6.08 Å². The smallest absolute Gasteiger partial charge is 0.491 e. The van der Waals surface area contributed by atoms with Crippen LogP contribution in [0.15, 0.2) is 72.5 Å². The van der Waals surface area contributed by atoms with E-state index >= 15 is 0 Å². The lowest BCUT2D eigenvalue weighted by molar-refractivity contribution is -0.194. The van der Waals surface area contributed by atoms with E-state index in [0.29, 0.717) is 24.8 Å². The Morgan fingerprint density at radius 3 is 2.44 bits per heavy atom. The minimum Gasteiger partial charge on any atom is -0.508 e. The van der Waals surface area contributed by atoms with Crippen LogP contribution in [-0.2, 0) is 14.3 Å². The van der Waals surface area contributed by atoms with Gasteiger partial charge < -0.3 is 19.7 Å². The molecule has 0 aromatic heterocycles. The Balaban J connectivity index is 2.09. The number of carbonyl (C=O) groups is 2. The summed E-state index contributed by atoms with van der Waals surface area (Å²) < 4.78 is 48.3. The molecule has 3 rings (SSSR count). The van der Waals surface area contributed by atoms with Gasteiger partial charge in [-0.05, 0) is 36.6 Å². The summed E-state index contributed by atoms with van der Waals surface area (Å²) in [5.74, 6) is -5.09. The highest BCUT2D eigenvalue weighted by molar-refractivity contribution is 5.97. The van der Waals surface area contributed by atoms with Crippen LogP contribution in [0, 0.1) is 0 Å². The molecule has 0 aliphatic carbocycles. The average molecular weight is 474 g/mol. The lowest BCUT2D eigenvalue weighted by Crippen LogP contribution is -2.24. The predicted octanol–water partition coefficient (Wildman–Crippen LogP) is 5.74. The van der Waals surface area contributed by atoms with E-state index < -0.39 is 47.0 Å². The van der Waals surface area contributed by atoms with E-state index in [-0.39, 0.29) is 5.56 Å². The number of allylic oxidation sites excluding steroid dienone is 3. The summed E-state index contributed by atoms with van der Waals surface area (Å²) in [5, 5.41) is 20.3. The maximum atomic E-state index is 13.1. The van der Waals surface area contributed by atoms with Crippen molar-refractivity contribution in [3.05, 3.63) is 89.2 Å². The van der Waals surface area contributed by atoms with Crippen molar-refractivity contribution in [3.63, 3.8) is 0 Å². The molecule has 1 heterocycles. The molecule has 0 spiro atoms. The molecule has 0 saturated heterocycles. The van der Waals surface area contributed by atoms with Gasteiger partial charge in [0, 0.05) is 18.1 Å². The highest BCUT2D eigenvalue weighted by Gasteiger charge is 2.41. The SMILES string of the molecule is O=C1O[C@@H](c2ccccc2)C/C=C/CC/C=C/C(OC(=O)C(F)(F)F)=C/c2cc(O)cc(O)c21. The van der Waals surface area contributed by atoms with Crippen LogP contribution in [0.3, 0.4) is 0 Å².